The first-order chi connectivity index (χ1) is 10.2. The van der Waals surface area contributed by atoms with E-state index in [0.717, 1.165) is 32.3 Å². The summed E-state index contributed by atoms with van der Waals surface area (Å²) in [6.45, 7) is 3.14. The summed E-state index contributed by atoms with van der Waals surface area (Å²) in [6, 6.07) is 1.82. The van der Waals surface area contributed by atoms with Crippen LogP contribution in [0.5, 0.6) is 0 Å². The Labute approximate surface area is 121 Å². The van der Waals surface area contributed by atoms with Crippen molar-refractivity contribution < 1.29 is 14.0 Å². The molecule has 4 heterocycles. The highest BCUT2D eigenvalue weighted by Crippen LogP contribution is 2.28. The Morgan fingerprint density at radius 1 is 1.48 bits per heavy atom. The number of piperidine rings is 1. The van der Waals surface area contributed by atoms with Crippen LogP contribution in [0.15, 0.2) is 22.9 Å². The summed E-state index contributed by atoms with van der Waals surface area (Å²) in [5, 5.41) is 3.69. The molecule has 2 unspecified atom stereocenters. The second-order valence-electron chi connectivity index (χ2n) is 5.76. The third-order valence-electron chi connectivity index (χ3n) is 4.50. The minimum Gasteiger partial charge on any atom is -0.462 e. The van der Waals surface area contributed by atoms with Crippen LogP contribution in [0.3, 0.4) is 0 Å². The van der Waals surface area contributed by atoms with E-state index in [0.29, 0.717) is 28.1 Å². The number of aromatic nitrogens is 1. The zero-order valence-corrected chi connectivity index (χ0v) is 11.4. The summed E-state index contributed by atoms with van der Waals surface area (Å²) in [5.74, 6) is 0.367. The van der Waals surface area contributed by atoms with Crippen molar-refractivity contribution >= 4 is 23.2 Å². The lowest BCUT2D eigenvalue weighted by Crippen LogP contribution is -2.43. The van der Waals surface area contributed by atoms with Crippen molar-refractivity contribution in [3.05, 3.63) is 29.8 Å². The third-order valence-corrected chi connectivity index (χ3v) is 4.50. The van der Waals surface area contributed by atoms with Crippen LogP contribution in [0.25, 0.3) is 11.0 Å². The summed E-state index contributed by atoms with van der Waals surface area (Å²) in [7, 11) is 0. The normalized spacial score (nSPS) is 27.1. The molecule has 2 aliphatic heterocycles. The highest BCUT2D eigenvalue weighted by atomic mass is 16.3. The first-order valence-corrected chi connectivity index (χ1v) is 7.10. The fourth-order valence-electron chi connectivity index (χ4n) is 3.36. The number of carbonyl (C=O) groups is 2. The van der Waals surface area contributed by atoms with E-state index in [1.54, 1.807) is 6.07 Å². The van der Waals surface area contributed by atoms with Crippen molar-refractivity contribution in [1.29, 1.82) is 0 Å². The van der Waals surface area contributed by atoms with Gasteiger partial charge in [0.15, 0.2) is 11.9 Å². The molecule has 6 nitrogen and oxygen atoms in total. The van der Waals surface area contributed by atoms with Gasteiger partial charge >= 0.3 is 0 Å². The Bertz CT molecular complexity index is 724. The van der Waals surface area contributed by atoms with Crippen molar-refractivity contribution in [3.63, 3.8) is 0 Å². The van der Waals surface area contributed by atoms with Gasteiger partial charge in [-0.15, -0.1) is 0 Å². The van der Waals surface area contributed by atoms with Gasteiger partial charge in [-0.05, 0) is 24.9 Å². The van der Waals surface area contributed by atoms with Crippen molar-refractivity contribution in [2.45, 2.75) is 12.5 Å². The molecule has 1 N–H and O–H groups in total. The lowest BCUT2D eigenvalue weighted by atomic mass is 10.00. The molecule has 108 valence electrons. The number of hydrogen-bond acceptors (Lipinski definition) is 5. The lowest BCUT2D eigenvalue weighted by molar-refractivity contribution is 0.0919. The van der Waals surface area contributed by atoms with Crippen LogP contribution in [0, 0.1) is 5.92 Å². The molecule has 2 aromatic heterocycles. The second kappa shape index (κ2) is 4.66. The first kappa shape index (κ1) is 12.5. The van der Waals surface area contributed by atoms with E-state index in [1.807, 2.05) is 0 Å². The maximum atomic E-state index is 12.3. The van der Waals surface area contributed by atoms with Gasteiger partial charge in [0.1, 0.15) is 12.0 Å². The summed E-state index contributed by atoms with van der Waals surface area (Å²) >= 11 is 0. The second-order valence-corrected chi connectivity index (χ2v) is 5.76. The molecular formula is C15H15N3O3. The van der Waals surface area contributed by atoms with Crippen LogP contribution in [-0.4, -0.2) is 47.8 Å². The van der Waals surface area contributed by atoms with E-state index in [9.17, 15) is 9.59 Å². The molecule has 0 spiro atoms. The Hall–Kier alpha value is -2.21. The standard InChI is InChI=1S/C15H15N3O3/c19-7-10-8-21-14-4-16-12(3-11(10)14)15(20)17-13-6-18-2-1-9(13)5-18/h3-4,7-9,13H,1-2,5-6H2,(H,17,20)/t9-,13?/m0/s1. The number of fused-ring (bicyclic) bond motifs is 3. The van der Waals surface area contributed by atoms with Gasteiger partial charge in [0.25, 0.3) is 5.91 Å². The first-order valence-electron chi connectivity index (χ1n) is 7.10. The van der Waals surface area contributed by atoms with Crippen LogP contribution >= 0.6 is 0 Å². The fraction of sp³-hybridized carbons (Fsp3) is 0.400. The predicted molar refractivity (Wildman–Crippen MR) is 75.2 cm³/mol. The molecule has 4 rings (SSSR count). The number of aldehydes is 1. The van der Waals surface area contributed by atoms with Gasteiger partial charge in [-0.2, -0.15) is 0 Å². The average molecular weight is 285 g/mol. The van der Waals surface area contributed by atoms with Gasteiger partial charge in [-0.1, -0.05) is 0 Å². The number of furan rings is 1. The summed E-state index contributed by atoms with van der Waals surface area (Å²) in [4.78, 5) is 29.8. The summed E-state index contributed by atoms with van der Waals surface area (Å²) in [5.41, 5.74) is 1.27. The maximum absolute atomic E-state index is 12.3. The number of pyridine rings is 1. The molecule has 2 fully saturated rings. The van der Waals surface area contributed by atoms with Crippen molar-refractivity contribution in [1.82, 2.24) is 15.2 Å². The zero-order chi connectivity index (χ0) is 14.4. The van der Waals surface area contributed by atoms with E-state index in [2.05, 4.69) is 15.2 Å². The molecule has 2 aliphatic rings. The van der Waals surface area contributed by atoms with Crippen molar-refractivity contribution in [2.24, 2.45) is 5.92 Å². The molecule has 2 aromatic rings. The number of hydrogen-bond donors (Lipinski definition) is 1. The monoisotopic (exact) mass is 285 g/mol. The number of nitrogens with one attached hydrogen (secondary N) is 1. The van der Waals surface area contributed by atoms with E-state index in [4.69, 9.17) is 4.42 Å². The van der Waals surface area contributed by atoms with Crippen LogP contribution in [0.4, 0.5) is 0 Å². The molecule has 6 heteroatoms. The SMILES string of the molecule is O=Cc1coc2cnc(C(=O)NC3CN4CC[C@H]3C4)cc12. The molecule has 0 radical (unpaired) electrons. The number of carbonyl (C=O) groups excluding carboxylic acids is 2. The van der Waals surface area contributed by atoms with Crippen molar-refractivity contribution in [2.75, 3.05) is 19.6 Å². The molecule has 2 bridgehead atoms. The van der Waals surface area contributed by atoms with Crippen LogP contribution < -0.4 is 5.32 Å². The largest absolute Gasteiger partial charge is 0.462 e. The van der Waals surface area contributed by atoms with Gasteiger partial charge in [0.2, 0.25) is 0 Å². The Morgan fingerprint density at radius 3 is 3.10 bits per heavy atom. The lowest BCUT2D eigenvalue weighted by Gasteiger charge is -2.22. The van der Waals surface area contributed by atoms with E-state index < -0.39 is 0 Å². The van der Waals surface area contributed by atoms with E-state index in [1.165, 1.54) is 12.5 Å². The Kier molecular flexibility index (Phi) is 2.78. The number of amides is 1. The molecule has 21 heavy (non-hydrogen) atoms. The maximum Gasteiger partial charge on any atom is 0.270 e. The van der Waals surface area contributed by atoms with Gasteiger partial charge in [-0.25, -0.2) is 4.98 Å². The van der Waals surface area contributed by atoms with Gasteiger partial charge < -0.3 is 14.6 Å². The third kappa shape index (κ3) is 2.03. The minimum absolute atomic E-state index is 0.186. The Morgan fingerprint density at radius 2 is 2.38 bits per heavy atom. The highest BCUT2D eigenvalue weighted by molar-refractivity contribution is 6.00. The predicted octanol–water partition coefficient (Wildman–Crippen LogP) is 1.07. The number of nitrogens with zero attached hydrogens (tertiary/aromatic N) is 2. The number of rotatable bonds is 3. The molecule has 2 saturated heterocycles. The molecule has 3 atom stereocenters. The molecule has 0 saturated carbocycles. The summed E-state index contributed by atoms with van der Waals surface area (Å²) in [6.07, 6.45) is 4.73. The van der Waals surface area contributed by atoms with Gasteiger partial charge in [0, 0.05) is 24.5 Å². The molecule has 0 aromatic carbocycles. The fourth-order valence-corrected chi connectivity index (χ4v) is 3.36. The van der Waals surface area contributed by atoms with Gasteiger partial charge in [0.05, 0.1) is 11.8 Å². The minimum atomic E-state index is -0.186. The van der Waals surface area contributed by atoms with E-state index in [-0.39, 0.29) is 11.9 Å². The van der Waals surface area contributed by atoms with Crippen LogP contribution in [-0.2, 0) is 0 Å². The smallest absolute Gasteiger partial charge is 0.270 e. The molecular weight excluding hydrogens is 270 g/mol. The molecule has 1 amide bonds. The van der Waals surface area contributed by atoms with Crippen LogP contribution in [0.1, 0.15) is 27.3 Å². The zero-order valence-electron chi connectivity index (χ0n) is 11.4. The van der Waals surface area contributed by atoms with Gasteiger partial charge in [-0.3, -0.25) is 9.59 Å². The topological polar surface area (TPSA) is 75.4 Å². The van der Waals surface area contributed by atoms with Crippen molar-refractivity contribution in [3.8, 4) is 0 Å². The Balaban J connectivity index is 1.57. The summed E-state index contributed by atoms with van der Waals surface area (Å²) < 4.78 is 5.22. The average Bonchev–Trinajstić information content (AvgIpc) is 3.21. The highest BCUT2D eigenvalue weighted by Gasteiger charge is 2.38. The van der Waals surface area contributed by atoms with Crippen LogP contribution in [0.2, 0.25) is 0 Å². The molecule has 0 aliphatic carbocycles. The van der Waals surface area contributed by atoms with E-state index >= 15 is 0 Å². The quantitative estimate of drug-likeness (QED) is 0.854.